The van der Waals surface area contributed by atoms with Gasteiger partial charge in [-0.3, -0.25) is 0 Å². The lowest BCUT2D eigenvalue weighted by molar-refractivity contribution is 0.190. The number of nitrogens with one attached hydrogen (secondary N) is 1. The van der Waals surface area contributed by atoms with Gasteiger partial charge in [0.1, 0.15) is 11.5 Å². The predicted octanol–water partition coefficient (Wildman–Crippen LogP) is 4.34. The van der Waals surface area contributed by atoms with Crippen LogP contribution in [0.2, 0.25) is 0 Å². The summed E-state index contributed by atoms with van der Waals surface area (Å²) in [6, 6.07) is 16.5. The molecule has 0 aliphatic carbocycles. The zero-order valence-corrected chi connectivity index (χ0v) is 19.1. The molecule has 2 aromatic rings. The molecule has 6 heteroatoms. The van der Waals surface area contributed by atoms with Crippen LogP contribution in [-0.4, -0.2) is 56.4 Å². The fourth-order valence-electron chi connectivity index (χ4n) is 3.73. The van der Waals surface area contributed by atoms with Gasteiger partial charge >= 0.3 is 6.03 Å². The monoisotopic (exact) mass is 425 g/mol. The van der Waals surface area contributed by atoms with Crippen LogP contribution >= 0.6 is 0 Å². The third-order valence-corrected chi connectivity index (χ3v) is 5.54. The van der Waals surface area contributed by atoms with Crippen molar-refractivity contribution in [1.82, 2.24) is 10.2 Å². The number of hydrogen-bond acceptors (Lipinski definition) is 4. The minimum atomic E-state index is 0.0302. The van der Waals surface area contributed by atoms with E-state index in [0.29, 0.717) is 0 Å². The van der Waals surface area contributed by atoms with Crippen LogP contribution in [-0.2, 0) is 6.42 Å². The van der Waals surface area contributed by atoms with Crippen molar-refractivity contribution >= 4 is 11.7 Å². The Morgan fingerprint density at radius 2 is 1.55 bits per heavy atom. The van der Waals surface area contributed by atoms with E-state index in [-0.39, 0.29) is 18.2 Å². The molecule has 6 nitrogen and oxygen atoms in total. The number of methoxy groups -OCH3 is 1. The molecular weight excluding hydrogens is 390 g/mol. The maximum atomic E-state index is 12.7. The Balaban J connectivity index is 1.39. The van der Waals surface area contributed by atoms with E-state index in [1.54, 1.807) is 7.11 Å². The van der Waals surface area contributed by atoms with Gasteiger partial charge in [-0.1, -0.05) is 12.1 Å². The number of anilines is 1. The van der Waals surface area contributed by atoms with E-state index >= 15 is 0 Å². The summed E-state index contributed by atoms with van der Waals surface area (Å²) in [5.41, 5.74) is 2.42. The van der Waals surface area contributed by atoms with Crippen LogP contribution in [0.15, 0.2) is 48.5 Å². The van der Waals surface area contributed by atoms with Crippen molar-refractivity contribution in [3.8, 4) is 11.5 Å². The van der Waals surface area contributed by atoms with Gasteiger partial charge in [0.2, 0.25) is 0 Å². The highest BCUT2D eigenvalue weighted by Gasteiger charge is 2.22. The second-order valence-electron chi connectivity index (χ2n) is 8.37. The molecule has 1 N–H and O–H groups in total. The summed E-state index contributed by atoms with van der Waals surface area (Å²) in [6.45, 7) is 9.23. The van der Waals surface area contributed by atoms with Gasteiger partial charge in [-0.05, 0) is 75.6 Å². The summed E-state index contributed by atoms with van der Waals surface area (Å²) in [5, 5.41) is 3.15. The van der Waals surface area contributed by atoms with Crippen molar-refractivity contribution in [2.75, 3.05) is 38.2 Å². The van der Waals surface area contributed by atoms with Gasteiger partial charge in [0.05, 0.1) is 13.2 Å². The van der Waals surface area contributed by atoms with Crippen LogP contribution in [0.3, 0.4) is 0 Å². The van der Waals surface area contributed by atoms with E-state index in [0.717, 1.165) is 50.5 Å². The predicted molar refractivity (Wildman–Crippen MR) is 125 cm³/mol. The largest absolute Gasteiger partial charge is 0.497 e. The molecule has 2 aromatic carbocycles. The molecule has 1 fully saturated rings. The molecule has 168 valence electrons. The van der Waals surface area contributed by atoms with Gasteiger partial charge in [-0.25, -0.2) is 4.79 Å². The number of carbonyl (C=O) groups is 1. The smallest absolute Gasteiger partial charge is 0.317 e. The molecule has 0 aromatic heterocycles. The lowest BCUT2D eigenvalue weighted by Gasteiger charge is -2.36. The van der Waals surface area contributed by atoms with Gasteiger partial charge in [0.25, 0.3) is 0 Å². The van der Waals surface area contributed by atoms with E-state index < -0.39 is 0 Å². The van der Waals surface area contributed by atoms with Gasteiger partial charge in [0, 0.05) is 37.9 Å². The summed E-state index contributed by atoms with van der Waals surface area (Å²) < 4.78 is 10.9. The van der Waals surface area contributed by atoms with Crippen LogP contribution in [0.25, 0.3) is 0 Å². The first-order valence-electron chi connectivity index (χ1n) is 11.1. The SMILES string of the molecule is COc1ccc(N2CCN(C(=O)NC(C)CCc3ccc(OC(C)C)cc3)CC2)cc1. The lowest BCUT2D eigenvalue weighted by Crippen LogP contribution is -2.53. The van der Waals surface area contributed by atoms with E-state index in [9.17, 15) is 4.79 Å². The highest BCUT2D eigenvalue weighted by molar-refractivity contribution is 5.75. The molecule has 31 heavy (non-hydrogen) atoms. The van der Waals surface area contributed by atoms with Crippen molar-refractivity contribution in [3.63, 3.8) is 0 Å². The average Bonchev–Trinajstić information content (AvgIpc) is 2.78. The first-order valence-corrected chi connectivity index (χ1v) is 11.1. The Kier molecular flexibility index (Phi) is 8.04. The van der Waals surface area contributed by atoms with Gasteiger partial charge in [-0.15, -0.1) is 0 Å². The third kappa shape index (κ3) is 6.81. The lowest BCUT2D eigenvalue weighted by atomic mass is 10.1. The van der Waals surface area contributed by atoms with Crippen LogP contribution in [0.1, 0.15) is 32.8 Å². The molecule has 1 saturated heterocycles. The highest BCUT2D eigenvalue weighted by atomic mass is 16.5. The molecule has 0 bridgehead atoms. The molecule has 1 aliphatic rings. The summed E-state index contributed by atoms with van der Waals surface area (Å²) in [7, 11) is 1.67. The van der Waals surface area contributed by atoms with Crippen molar-refractivity contribution < 1.29 is 14.3 Å². The Morgan fingerprint density at radius 1 is 0.935 bits per heavy atom. The number of rotatable bonds is 8. The maximum absolute atomic E-state index is 12.7. The molecule has 1 heterocycles. The number of piperazine rings is 1. The number of amides is 2. The minimum Gasteiger partial charge on any atom is -0.497 e. The molecular formula is C25H35N3O3. The van der Waals surface area contributed by atoms with E-state index in [4.69, 9.17) is 9.47 Å². The van der Waals surface area contributed by atoms with Gasteiger partial charge < -0.3 is 24.6 Å². The second kappa shape index (κ2) is 10.9. The number of aryl methyl sites for hydroxylation is 1. The summed E-state index contributed by atoms with van der Waals surface area (Å²) >= 11 is 0. The molecule has 3 rings (SSSR count). The Labute approximate surface area is 186 Å². The van der Waals surface area contributed by atoms with E-state index in [1.165, 1.54) is 11.3 Å². The molecule has 0 radical (unpaired) electrons. The second-order valence-corrected chi connectivity index (χ2v) is 8.37. The maximum Gasteiger partial charge on any atom is 0.317 e. The van der Waals surface area contributed by atoms with Gasteiger partial charge in [-0.2, -0.15) is 0 Å². The Hall–Kier alpha value is -2.89. The number of carbonyl (C=O) groups excluding carboxylic acids is 1. The zero-order chi connectivity index (χ0) is 22.2. The highest BCUT2D eigenvalue weighted by Crippen LogP contribution is 2.20. The number of urea groups is 1. The van der Waals surface area contributed by atoms with Crippen LogP contribution in [0, 0.1) is 0 Å². The molecule has 1 atom stereocenters. The van der Waals surface area contributed by atoms with Crippen molar-refractivity contribution in [3.05, 3.63) is 54.1 Å². The fraction of sp³-hybridized carbons (Fsp3) is 0.480. The van der Waals surface area contributed by atoms with Crippen molar-refractivity contribution in [2.45, 2.75) is 45.8 Å². The molecule has 1 aliphatic heterocycles. The normalized spacial score (nSPS) is 15.0. The third-order valence-electron chi connectivity index (χ3n) is 5.54. The molecule has 1 unspecified atom stereocenters. The van der Waals surface area contributed by atoms with Gasteiger partial charge in [0.15, 0.2) is 0 Å². The molecule has 0 saturated carbocycles. The van der Waals surface area contributed by atoms with Crippen molar-refractivity contribution in [2.24, 2.45) is 0 Å². The quantitative estimate of drug-likeness (QED) is 0.684. The summed E-state index contributed by atoms with van der Waals surface area (Å²) in [6.07, 6.45) is 2.01. The summed E-state index contributed by atoms with van der Waals surface area (Å²) in [5.74, 6) is 1.75. The zero-order valence-electron chi connectivity index (χ0n) is 19.1. The molecule has 0 spiro atoms. The summed E-state index contributed by atoms with van der Waals surface area (Å²) in [4.78, 5) is 16.9. The van der Waals surface area contributed by atoms with Crippen molar-refractivity contribution in [1.29, 1.82) is 0 Å². The Morgan fingerprint density at radius 3 is 2.13 bits per heavy atom. The van der Waals surface area contributed by atoms with E-state index in [1.807, 2.05) is 43.0 Å². The first-order chi connectivity index (χ1) is 14.9. The molecule has 2 amide bonds. The number of ether oxygens (including phenoxy) is 2. The number of nitrogens with zero attached hydrogens (tertiary/aromatic N) is 2. The van der Waals surface area contributed by atoms with Crippen LogP contribution in [0.5, 0.6) is 11.5 Å². The standard InChI is InChI=1S/C25H35N3O3/c1-19(2)31-24-11-7-21(8-12-24)6-5-20(3)26-25(29)28-17-15-27(16-18-28)22-9-13-23(30-4)14-10-22/h7-14,19-20H,5-6,15-18H2,1-4H3,(H,26,29). The number of hydrogen-bond donors (Lipinski definition) is 1. The number of benzene rings is 2. The topological polar surface area (TPSA) is 54.0 Å². The first kappa shape index (κ1) is 22.8. The van der Waals surface area contributed by atoms with E-state index in [2.05, 4.69) is 41.4 Å². The minimum absolute atomic E-state index is 0.0302. The fourth-order valence-corrected chi connectivity index (χ4v) is 3.73. The average molecular weight is 426 g/mol. The van der Waals surface area contributed by atoms with Crippen LogP contribution < -0.4 is 19.7 Å². The van der Waals surface area contributed by atoms with Crippen LogP contribution in [0.4, 0.5) is 10.5 Å². The Bertz CT molecular complexity index is 813.